The molecule has 12 heteroatoms. The van der Waals surface area contributed by atoms with Crippen LogP contribution in [0.4, 0.5) is 13.2 Å². The maximum Gasteiger partial charge on any atom is 0.411 e. The number of carbonyl (C=O) groups excluding carboxylic acids is 1. The Hall–Kier alpha value is -2.79. The van der Waals surface area contributed by atoms with E-state index in [-0.39, 0.29) is 52.9 Å². The van der Waals surface area contributed by atoms with Crippen LogP contribution in [0, 0.1) is 0 Å². The first-order valence-corrected chi connectivity index (χ1v) is 10.9. The maximum atomic E-state index is 14.1. The third-order valence-electron chi connectivity index (χ3n) is 5.26. The quantitative estimate of drug-likeness (QED) is 0.523. The molecule has 8 nitrogen and oxygen atoms in total. The minimum absolute atomic E-state index is 0.0199. The fourth-order valence-electron chi connectivity index (χ4n) is 3.63. The molecule has 1 aliphatic heterocycles. The summed E-state index contributed by atoms with van der Waals surface area (Å²) in [5, 5.41) is 18.7. The Morgan fingerprint density at radius 3 is 2.62 bits per heavy atom. The van der Waals surface area contributed by atoms with E-state index in [1.807, 2.05) is 0 Å². The zero-order valence-electron chi connectivity index (χ0n) is 19.0. The Kier molecular flexibility index (Phi) is 7.47. The molecule has 1 aromatic heterocycles. The maximum absolute atomic E-state index is 14.1. The number of esters is 1. The second kappa shape index (κ2) is 9.83. The number of halogens is 4. The lowest BCUT2D eigenvalue weighted by Crippen LogP contribution is -2.45. The van der Waals surface area contributed by atoms with Crippen molar-refractivity contribution in [3.05, 3.63) is 34.5 Å². The molecule has 0 saturated carbocycles. The summed E-state index contributed by atoms with van der Waals surface area (Å²) >= 11 is 6.38. The van der Waals surface area contributed by atoms with Gasteiger partial charge >= 0.3 is 12.1 Å². The lowest BCUT2D eigenvalue weighted by atomic mass is 9.93. The van der Waals surface area contributed by atoms with Crippen molar-refractivity contribution in [2.75, 3.05) is 20.3 Å². The average molecular weight is 504 g/mol. The van der Waals surface area contributed by atoms with Gasteiger partial charge in [0.2, 0.25) is 0 Å². The van der Waals surface area contributed by atoms with Crippen LogP contribution in [0.3, 0.4) is 0 Å². The third-order valence-corrected chi connectivity index (χ3v) is 5.65. The average Bonchev–Trinajstić information content (AvgIpc) is 3.36. The van der Waals surface area contributed by atoms with Gasteiger partial charge in [-0.05, 0) is 33.3 Å². The Bertz CT molecular complexity index is 1070. The molecular weight excluding hydrogens is 479 g/mol. The van der Waals surface area contributed by atoms with E-state index in [1.54, 1.807) is 19.1 Å². The molecule has 0 aliphatic carbocycles. The highest BCUT2D eigenvalue weighted by Crippen LogP contribution is 2.43. The van der Waals surface area contributed by atoms with Gasteiger partial charge in [0, 0.05) is 18.3 Å². The van der Waals surface area contributed by atoms with Gasteiger partial charge in [-0.2, -0.15) is 18.3 Å². The molecule has 34 heavy (non-hydrogen) atoms. The van der Waals surface area contributed by atoms with Crippen LogP contribution >= 0.6 is 11.6 Å². The van der Waals surface area contributed by atoms with E-state index in [9.17, 15) is 23.1 Å². The Morgan fingerprint density at radius 1 is 1.32 bits per heavy atom. The highest BCUT2D eigenvalue weighted by atomic mass is 35.5. The number of aliphatic hydroxyl groups is 1. The van der Waals surface area contributed by atoms with E-state index in [1.165, 1.54) is 27.0 Å². The smallest absolute Gasteiger partial charge is 0.411 e. The van der Waals surface area contributed by atoms with Gasteiger partial charge in [0.25, 0.3) is 0 Å². The van der Waals surface area contributed by atoms with Gasteiger partial charge in [0.05, 0.1) is 30.3 Å². The zero-order valence-corrected chi connectivity index (χ0v) is 19.8. The summed E-state index contributed by atoms with van der Waals surface area (Å²) in [4.78, 5) is 12.9. The predicted octanol–water partition coefficient (Wildman–Crippen LogP) is 4.66. The molecule has 0 radical (unpaired) electrons. The standard InChI is InChI=1S/C22H25ClF3N3O5/c1-5-33-20(30)15-17(12-7-6-8-14(32-4)16(12)23)28-34-18(15)13-11-27-29(10-9-21(2,3)31)19(13)22(24,25)26/h6-8,11,13,19,31H,5,9-10H2,1-4H3. The molecule has 2 atom stereocenters. The molecule has 0 bridgehead atoms. The van der Waals surface area contributed by atoms with Gasteiger partial charge in [-0.1, -0.05) is 28.9 Å². The number of methoxy groups -OCH3 is 1. The number of hydrazone groups is 1. The predicted molar refractivity (Wildman–Crippen MR) is 118 cm³/mol. The summed E-state index contributed by atoms with van der Waals surface area (Å²) in [6, 6.07) is 2.58. The van der Waals surface area contributed by atoms with Gasteiger partial charge in [-0.25, -0.2) is 4.79 Å². The van der Waals surface area contributed by atoms with E-state index in [4.69, 9.17) is 25.6 Å². The lowest BCUT2D eigenvalue weighted by Gasteiger charge is -2.30. The monoisotopic (exact) mass is 503 g/mol. The van der Waals surface area contributed by atoms with Gasteiger partial charge < -0.3 is 19.1 Å². The van der Waals surface area contributed by atoms with Crippen molar-refractivity contribution in [2.45, 2.75) is 50.9 Å². The number of carbonyl (C=O) groups is 1. The molecule has 0 spiro atoms. The molecule has 3 rings (SSSR count). The molecule has 1 aliphatic rings. The van der Waals surface area contributed by atoms with Crippen LogP contribution in [0.2, 0.25) is 5.02 Å². The summed E-state index contributed by atoms with van der Waals surface area (Å²) in [5.74, 6) is -2.44. The van der Waals surface area contributed by atoms with E-state index < -0.39 is 29.7 Å². The van der Waals surface area contributed by atoms with Crippen molar-refractivity contribution < 1.29 is 37.1 Å². The Labute approximate surface area is 199 Å². The number of nitrogens with zero attached hydrogens (tertiary/aromatic N) is 3. The minimum atomic E-state index is -4.73. The van der Waals surface area contributed by atoms with E-state index in [0.29, 0.717) is 0 Å². The third kappa shape index (κ3) is 5.30. The molecule has 0 amide bonds. The molecule has 186 valence electrons. The van der Waals surface area contributed by atoms with Crippen molar-refractivity contribution in [1.82, 2.24) is 10.2 Å². The zero-order chi connectivity index (χ0) is 25.3. The van der Waals surface area contributed by atoms with Crippen LogP contribution in [-0.4, -0.2) is 65.5 Å². The summed E-state index contributed by atoms with van der Waals surface area (Å²) < 4.78 is 58.0. The minimum Gasteiger partial charge on any atom is -0.495 e. The van der Waals surface area contributed by atoms with E-state index in [2.05, 4.69) is 10.3 Å². The summed E-state index contributed by atoms with van der Waals surface area (Å²) in [7, 11) is 1.40. The Morgan fingerprint density at radius 2 is 2.03 bits per heavy atom. The normalized spacial score (nSPS) is 18.4. The fourth-order valence-corrected chi connectivity index (χ4v) is 3.92. The largest absolute Gasteiger partial charge is 0.495 e. The molecular formula is C22H25ClF3N3O5. The topological polar surface area (TPSA) is 97.4 Å². The summed E-state index contributed by atoms with van der Waals surface area (Å²) in [5.41, 5.74) is -1.30. The van der Waals surface area contributed by atoms with Crippen LogP contribution in [0.15, 0.2) is 27.8 Å². The molecule has 2 heterocycles. The van der Waals surface area contributed by atoms with E-state index >= 15 is 0 Å². The first-order valence-electron chi connectivity index (χ1n) is 10.5. The first-order chi connectivity index (χ1) is 15.9. The first kappa shape index (κ1) is 25.8. The van der Waals surface area contributed by atoms with Crippen molar-refractivity contribution in [3.63, 3.8) is 0 Å². The number of hydrogen-bond acceptors (Lipinski definition) is 8. The van der Waals surface area contributed by atoms with Crippen molar-refractivity contribution in [3.8, 4) is 17.0 Å². The number of rotatable bonds is 8. The number of ether oxygens (including phenoxy) is 2. The van der Waals surface area contributed by atoms with Crippen LogP contribution in [0.5, 0.6) is 5.75 Å². The van der Waals surface area contributed by atoms with Gasteiger partial charge in [-0.15, -0.1) is 0 Å². The van der Waals surface area contributed by atoms with E-state index in [0.717, 1.165) is 11.2 Å². The van der Waals surface area contributed by atoms with Gasteiger partial charge in [0.1, 0.15) is 17.0 Å². The van der Waals surface area contributed by atoms with Gasteiger partial charge in [0.15, 0.2) is 11.8 Å². The molecule has 2 unspecified atom stereocenters. The highest BCUT2D eigenvalue weighted by Gasteiger charge is 2.53. The summed E-state index contributed by atoms with van der Waals surface area (Å²) in [6.45, 7) is 4.36. The molecule has 1 N–H and O–H groups in total. The number of aromatic nitrogens is 1. The second-order valence-corrected chi connectivity index (χ2v) is 8.69. The van der Waals surface area contributed by atoms with Crippen LogP contribution in [0.1, 0.15) is 49.2 Å². The molecule has 0 fully saturated rings. The SMILES string of the molecule is CCOC(=O)c1c(-c2cccc(OC)c2Cl)noc1C1C=NN(CCC(C)(C)O)C1C(F)(F)F. The molecule has 1 aromatic carbocycles. The van der Waals surface area contributed by atoms with Crippen LogP contribution < -0.4 is 4.74 Å². The fraction of sp³-hybridized carbons (Fsp3) is 0.500. The van der Waals surface area contributed by atoms with Crippen molar-refractivity contribution >= 4 is 23.8 Å². The number of hydrogen-bond donors (Lipinski definition) is 1. The van der Waals surface area contributed by atoms with Crippen LogP contribution in [0.25, 0.3) is 11.3 Å². The second-order valence-electron chi connectivity index (χ2n) is 8.31. The highest BCUT2D eigenvalue weighted by molar-refractivity contribution is 6.35. The Balaban J connectivity index is 2.10. The molecule has 2 aromatic rings. The molecule has 0 saturated heterocycles. The number of benzene rings is 1. The van der Waals surface area contributed by atoms with Gasteiger partial charge in [-0.3, -0.25) is 5.01 Å². The number of alkyl halides is 3. The van der Waals surface area contributed by atoms with Crippen molar-refractivity contribution in [2.24, 2.45) is 5.10 Å². The van der Waals surface area contributed by atoms with Crippen LogP contribution in [-0.2, 0) is 4.74 Å². The van der Waals surface area contributed by atoms with Crippen molar-refractivity contribution in [1.29, 1.82) is 0 Å². The summed E-state index contributed by atoms with van der Waals surface area (Å²) in [6.07, 6.45) is -3.63. The lowest BCUT2D eigenvalue weighted by molar-refractivity contribution is -0.184.